The van der Waals surface area contributed by atoms with Crippen LogP contribution in [0.15, 0.2) is 0 Å². The maximum absolute atomic E-state index is 12.3. The van der Waals surface area contributed by atoms with Crippen molar-refractivity contribution in [3.05, 3.63) is 0 Å². The number of esters is 1. The van der Waals surface area contributed by atoms with Crippen LogP contribution in [0, 0.1) is 0 Å². The van der Waals surface area contributed by atoms with Crippen LogP contribution in [0.3, 0.4) is 0 Å². The van der Waals surface area contributed by atoms with Gasteiger partial charge in [0.2, 0.25) is 0 Å². The van der Waals surface area contributed by atoms with Gasteiger partial charge < -0.3 is 14.0 Å². The Bertz CT molecular complexity index is 317. The summed E-state index contributed by atoms with van der Waals surface area (Å²) >= 11 is 0. The van der Waals surface area contributed by atoms with Gasteiger partial charge in [-0.25, -0.2) is 14.4 Å². The zero-order valence-electron chi connectivity index (χ0n) is 7.19. The minimum absolute atomic E-state index is 0.875. The van der Waals surface area contributed by atoms with Gasteiger partial charge in [-0.1, -0.05) is 0 Å². The molecule has 82 valence electrons. The molecule has 1 aliphatic rings. The van der Waals surface area contributed by atoms with Crippen LogP contribution < -0.4 is 0 Å². The molecule has 0 spiro atoms. The van der Waals surface area contributed by atoms with Crippen LogP contribution in [0.4, 0.5) is 8.78 Å². The van der Waals surface area contributed by atoms with Gasteiger partial charge >= 0.3 is 31.3 Å². The molecule has 0 N–H and O–H groups in total. The predicted molar refractivity (Wildman–Crippen MR) is 36.0 cm³/mol. The van der Waals surface area contributed by atoms with Gasteiger partial charge in [0.05, 0.1) is 7.11 Å². The molecular weight excluding hydrogens is 221 g/mol. The molecule has 0 atom stereocenters. The van der Waals surface area contributed by atoms with E-state index >= 15 is 0 Å². The fraction of sp³-hybridized carbons (Fsp3) is 0.400. The van der Waals surface area contributed by atoms with E-state index in [4.69, 9.17) is 0 Å². The molecule has 0 aromatic rings. The maximum Gasteiger partial charge on any atom is 0.797 e. The van der Waals surface area contributed by atoms with Crippen LogP contribution >= 0.6 is 0 Å². The van der Waals surface area contributed by atoms with Crippen LogP contribution in [-0.2, 0) is 33.1 Å². The fourth-order valence-corrected chi connectivity index (χ4v) is 0.616. The molecule has 7 nitrogen and oxygen atoms in total. The summed E-state index contributed by atoms with van der Waals surface area (Å²) in [5.74, 6) is -5.07. The van der Waals surface area contributed by atoms with Gasteiger partial charge in [0.1, 0.15) is 0 Å². The average molecular weight is 224 g/mol. The van der Waals surface area contributed by atoms with Gasteiger partial charge in [-0.05, 0) is 0 Å². The topological polar surface area (TPSA) is 88.1 Å². The van der Waals surface area contributed by atoms with Crippen LogP contribution in [0.25, 0.3) is 0 Å². The van der Waals surface area contributed by atoms with Crippen molar-refractivity contribution in [2.75, 3.05) is 7.11 Å². The van der Waals surface area contributed by atoms with Gasteiger partial charge in [0, 0.05) is 0 Å². The van der Waals surface area contributed by atoms with Crippen molar-refractivity contribution in [3.63, 3.8) is 0 Å². The summed E-state index contributed by atoms with van der Waals surface area (Å²) in [6, 6.07) is 0. The smallest absolute Gasteiger partial charge is 0.467 e. The van der Waals surface area contributed by atoms with Gasteiger partial charge in [-0.2, -0.15) is 8.78 Å². The molecule has 0 radical (unpaired) electrons. The van der Waals surface area contributed by atoms with E-state index in [1.54, 1.807) is 0 Å². The zero-order valence-corrected chi connectivity index (χ0v) is 7.19. The first-order chi connectivity index (χ1) is 6.86. The highest BCUT2D eigenvalue weighted by atomic mass is 19.3. The minimum atomic E-state index is -4.19. The molecule has 0 unspecified atom stereocenters. The third-order valence-electron chi connectivity index (χ3n) is 1.24. The largest absolute Gasteiger partial charge is 0.797 e. The van der Waals surface area contributed by atoms with E-state index in [-0.39, 0.29) is 0 Å². The molecule has 0 aliphatic carbocycles. The highest BCUT2D eigenvalue weighted by Crippen LogP contribution is 2.25. The Labute approximate surface area is 81.4 Å². The number of methoxy groups -OCH3 is 1. The molecule has 1 rings (SSSR count). The molecule has 0 aromatic carbocycles. The molecule has 1 saturated heterocycles. The Kier molecular flexibility index (Phi) is 2.89. The monoisotopic (exact) mass is 224 g/mol. The van der Waals surface area contributed by atoms with Gasteiger partial charge in [-0.15, -0.1) is 0 Å². The normalized spacial score (nSPS) is 18.3. The first-order valence-corrected chi connectivity index (χ1v) is 3.42. The van der Waals surface area contributed by atoms with Crippen molar-refractivity contribution < 1.29 is 41.9 Å². The molecule has 0 amide bonds. The number of rotatable bonds is 1. The van der Waals surface area contributed by atoms with Crippen LogP contribution in [0.5, 0.6) is 0 Å². The summed E-state index contributed by atoms with van der Waals surface area (Å²) in [7, 11) is -1.38. The Morgan fingerprint density at radius 1 is 1.40 bits per heavy atom. The second kappa shape index (κ2) is 3.81. The van der Waals surface area contributed by atoms with E-state index in [9.17, 15) is 23.2 Å². The molecule has 0 aromatic heterocycles. The highest BCUT2D eigenvalue weighted by Gasteiger charge is 2.59. The molecule has 0 saturated carbocycles. The van der Waals surface area contributed by atoms with Crippen LogP contribution in [0.1, 0.15) is 0 Å². The first-order valence-electron chi connectivity index (χ1n) is 3.42. The van der Waals surface area contributed by atoms with E-state index in [0.29, 0.717) is 0 Å². The third-order valence-corrected chi connectivity index (χ3v) is 1.24. The summed E-state index contributed by atoms with van der Waals surface area (Å²) in [6.45, 7) is 0. The quantitative estimate of drug-likeness (QED) is 0.315. The second-order valence-corrected chi connectivity index (χ2v) is 2.23. The minimum Gasteiger partial charge on any atom is -0.467 e. The number of carbonyl (C=O) groups excluding carboxylic acids is 3. The fourth-order valence-electron chi connectivity index (χ4n) is 0.616. The Hall–Kier alpha value is -1.71. The lowest BCUT2D eigenvalue weighted by atomic mass is 10.2. The third kappa shape index (κ3) is 2.40. The Morgan fingerprint density at radius 2 is 2.00 bits per heavy atom. The molecule has 1 heterocycles. The number of halogens is 2. The van der Waals surface area contributed by atoms with Gasteiger partial charge in [0.15, 0.2) is 0 Å². The van der Waals surface area contributed by atoms with Crippen molar-refractivity contribution in [2.24, 2.45) is 0 Å². The summed E-state index contributed by atoms with van der Waals surface area (Å²) in [5, 5.41) is 0. The maximum atomic E-state index is 12.3. The summed E-state index contributed by atoms with van der Waals surface area (Å²) < 4.78 is 39.8. The van der Waals surface area contributed by atoms with E-state index < -0.39 is 31.3 Å². The number of alkyl halides is 2. The van der Waals surface area contributed by atoms with Crippen molar-refractivity contribution in [1.29, 1.82) is 0 Å². The molecule has 10 heteroatoms. The molecule has 1 fully saturated rings. The number of ether oxygens (including phenoxy) is 1. The number of hydrogen-bond donors (Lipinski definition) is 0. The summed E-state index contributed by atoms with van der Waals surface area (Å²) in [4.78, 5) is 31.4. The lowest BCUT2D eigenvalue weighted by Gasteiger charge is -2.03. The van der Waals surface area contributed by atoms with E-state index in [1.165, 1.54) is 0 Å². The molecule has 1 aliphatic heterocycles. The van der Waals surface area contributed by atoms with Crippen LogP contribution in [-0.4, -0.2) is 38.4 Å². The molecular formula is C5H3BF2O7. The first kappa shape index (κ1) is 11.4. The van der Waals surface area contributed by atoms with Crippen molar-refractivity contribution in [3.8, 4) is 0 Å². The van der Waals surface area contributed by atoms with Crippen molar-refractivity contribution in [2.45, 2.75) is 6.11 Å². The molecule has 0 bridgehead atoms. The number of hydrogen-bond acceptors (Lipinski definition) is 7. The predicted octanol–water partition coefficient (Wildman–Crippen LogP) is -1.15. The standard InChI is InChI=1S/C5H3BF2O7/c1-12-2(9)3(10)13-6-14-4(11)5(7,8)15-6/h1H3. The van der Waals surface area contributed by atoms with Crippen molar-refractivity contribution in [1.82, 2.24) is 0 Å². The van der Waals surface area contributed by atoms with E-state index in [0.717, 1.165) is 7.11 Å². The second-order valence-electron chi connectivity index (χ2n) is 2.23. The average Bonchev–Trinajstić information content (AvgIpc) is 2.39. The van der Waals surface area contributed by atoms with E-state index in [1.807, 2.05) is 0 Å². The Morgan fingerprint density at radius 3 is 2.40 bits per heavy atom. The summed E-state index contributed by atoms with van der Waals surface area (Å²) in [6.07, 6.45) is -4.19. The highest BCUT2D eigenvalue weighted by molar-refractivity contribution is 6.48. The van der Waals surface area contributed by atoms with Gasteiger partial charge in [0.25, 0.3) is 0 Å². The summed E-state index contributed by atoms with van der Waals surface area (Å²) in [5.41, 5.74) is 0. The lowest BCUT2D eigenvalue weighted by Crippen LogP contribution is -2.31. The Balaban J connectivity index is 2.53. The number of carbonyl (C=O) groups is 3. The SMILES string of the molecule is COC(=O)C(=O)OB1OC(=O)C(F)(F)O1. The van der Waals surface area contributed by atoms with Crippen molar-refractivity contribution >= 4 is 25.2 Å². The zero-order chi connectivity index (χ0) is 11.6. The van der Waals surface area contributed by atoms with E-state index in [2.05, 4.69) is 18.7 Å². The molecule has 15 heavy (non-hydrogen) atoms. The van der Waals surface area contributed by atoms with Gasteiger partial charge in [-0.3, -0.25) is 4.65 Å². The van der Waals surface area contributed by atoms with Crippen LogP contribution in [0.2, 0.25) is 0 Å². The lowest BCUT2D eigenvalue weighted by molar-refractivity contribution is -0.191.